The van der Waals surface area contributed by atoms with Crippen LogP contribution in [0.1, 0.15) is 0 Å². The first-order chi connectivity index (χ1) is 30.2. The third-order valence-corrected chi connectivity index (χ3v) is 13.4. The Balaban J connectivity index is 1.09. The molecule has 0 fully saturated rings. The van der Waals surface area contributed by atoms with E-state index in [1.54, 1.807) is 0 Å². The normalized spacial score (nSPS) is 11.9. The Kier molecular flexibility index (Phi) is 7.44. The van der Waals surface area contributed by atoms with E-state index < -0.39 is 0 Å². The van der Waals surface area contributed by atoms with Crippen molar-refractivity contribution in [3.8, 4) is 50.6 Å². The van der Waals surface area contributed by atoms with Crippen LogP contribution in [0.15, 0.2) is 205 Å². The number of rotatable bonds is 5. The van der Waals surface area contributed by atoms with Gasteiger partial charge in [0.15, 0.2) is 0 Å². The second kappa shape index (κ2) is 13.3. The zero-order valence-corrected chi connectivity index (χ0v) is 33.5. The number of benzene rings is 9. The molecule has 0 aliphatic carbocycles. The SMILES string of the molecule is c1ccc(-c2nc(-n3c4ccc(-c5cccc6c5oc5ccccc56)cc4c4cccc(-c5cccc(-c6cccc7sc8ccccc8c67)c5)c43)nc3ccccc23)cc1. The molecule has 13 rings (SSSR count). The summed E-state index contributed by atoms with van der Waals surface area (Å²) in [4.78, 5) is 10.8. The minimum Gasteiger partial charge on any atom is -0.455 e. The van der Waals surface area contributed by atoms with Crippen LogP contribution in [-0.4, -0.2) is 14.5 Å². The Morgan fingerprint density at radius 1 is 0.410 bits per heavy atom. The molecule has 4 aromatic heterocycles. The van der Waals surface area contributed by atoms with Crippen LogP contribution >= 0.6 is 11.3 Å². The lowest BCUT2D eigenvalue weighted by molar-refractivity contribution is 0.670. The number of thiophene rings is 1. The van der Waals surface area contributed by atoms with Gasteiger partial charge in [0.1, 0.15) is 11.2 Å². The average Bonchev–Trinajstić information content (AvgIpc) is 4.01. The van der Waals surface area contributed by atoms with Gasteiger partial charge in [-0.1, -0.05) is 158 Å². The van der Waals surface area contributed by atoms with Crippen LogP contribution in [-0.2, 0) is 0 Å². The first kappa shape index (κ1) is 34.0. The monoisotopic (exact) mass is 795 g/mol. The fraction of sp³-hybridized carbons (Fsp3) is 0. The van der Waals surface area contributed by atoms with Gasteiger partial charge < -0.3 is 4.42 Å². The Bertz CT molecular complexity index is 3890. The van der Waals surface area contributed by atoms with Crippen molar-refractivity contribution in [3.05, 3.63) is 200 Å². The van der Waals surface area contributed by atoms with Gasteiger partial charge in [0.25, 0.3) is 0 Å². The van der Waals surface area contributed by atoms with Crippen LogP contribution in [0.3, 0.4) is 0 Å². The van der Waals surface area contributed by atoms with Crippen molar-refractivity contribution < 1.29 is 4.42 Å². The highest BCUT2D eigenvalue weighted by molar-refractivity contribution is 7.25. The lowest BCUT2D eigenvalue weighted by Crippen LogP contribution is -2.04. The summed E-state index contributed by atoms with van der Waals surface area (Å²) >= 11 is 1.85. The zero-order valence-electron chi connectivity index (χ0n) is 32.7. The van der Waals surface area contributed by atoms with Crippen LogP contribution < -0.4 is 0 Å². The summed E-state index contributed by atoms with van der Waals surface area (Å²) in [5.74, 6) is 0.628. The van der Waals surface area contributed by atoms with Crippen molar-refractivity contribution in [1.29, 1.82) is 0 Å². The quantitative estimate of drug-likeness (QED) is 0.174. The van der Waals surface area contributed by atoms with Crippen molar-refractivity contribution in [2.24, 2.45) is 0 Å². The molecule has 0 aliphatic heterocycles. The number of furan rings is 1. The second-order valence-electron chi connectivity index (χ2n) is 15.7. The van der Waals surface area contributed by atoms with E-state index >= 15 is 0 Å². The maximum absolute atomic E-state index is 6.55. The average molecular weight is 796 g/mol. The maximum Gasteiger partial charge on any atom is 0.235 e. The van der Waals surface area contributed by atoms with E-state index in [1.165, 1.54) is 31.3 Å². The van der Waals surface area contributed by atoms with E-state index in [9.17, 15) is 0 Å². The maximum atomic E-state index is 6.55. The van der Waals surface area contributed by atoms with Gasteiger partial charge in [0, 0.05) is 63.8 Å². The van der Waals surface area contributed by atoms with Crippen molar-refractivity contribution in [1.82, 2.24) is 14.5 Å². The predicted molar refractivity (Wildman–Crippen MR) is 256 cm³/mol. The molecule has 9 aromatic carbocycles. The predicted octanol–water partition coefficient (Wildman–Crippen LogP) is 15.7. The number of hydrogen-bond acceptors (Lipinski definition) is 4. The molecule has 0 saturated heterocycles. The summed E-state index contributed by atoms with van der Waals surface area (Å²) in [5, 5.41) is 8.09. The van der Waals surface area contributed by atoms with E-state index in [0.717, 1.165) is 88.2 Å². The van der Waals surface area contributed by atoms with Crippen molar-refractivity contribution in [3.63, 3.8) is 0 Å². The van der Waals surface area contributed by atoms with Crippen LogP contribution in [0.4, 0.5) is 0 Å². The molecule has 13 aromatic rings. The van der Waals surface area contributed by atoms with Gasteiger partial charge in [-0.3, -0.25) is 4.57 Å². The summed E-state index contributed by atoms with van der Waals surface area (Å²) < 4.78 is 11.4. The van der Waals surface area contributed by atoms with Gasteiger partial charge in [-0.15, -0.1) is 11.3 Å². The number of aromatic nitrogens is 3. The smallest absolute Gasteiger partial charge is 0.235 e. The van der Waals surface area contributed by atoms with Crippen LogP contribution in [0, 0.1) is 0 Å². The molecule has 0 bridgehead atoms. The second-order valence-corrected chi connectivity index (χ2v) is 16.7. The van der Waals surface area contributed by atoms with Crippen molar-refractivity contribution in [2.45, 2.75) is 0 Å². The van der Waals surface area contributed by atoms with Crippen LogP contribution in [0.2, 0.25) is 0 Å². The highest BCUT2D eigenvalue weighted by atomic mass is 32.1. The summed E-state index contributed by atoms with van der Waals surface area (Å²) in [6, 6.07) is 71.4. The van der Waals surface area contributed by atoms with Gasteiger partial charge in [-0.25, -0.2) is 9.97 Å². The largest absolute Gasteiger partial charge is 0.455 e. The minimum atomic E-state index is 0.628. The van der Waals surface area contributed by atoms with E-state index in [2.05, 4.69) is 187 Å². The Morgan fingerprint density at radius 2 is 1.05 bits per heavy atom. The molecule has 0 amide bonds. The van der Waals surface area contributed by atoms with E-state index in [1.807, 2.05) is 29.5 Å². The van der Waals surface area contributed by atoms with Gasteiger partial charge in [-0.05, 0) is 64.7 Å². The summed E-state index contributed by atoms with van der Waals surface area (Å²) in [5.41, 5.74) is 13.5. The highest BCUT2D eigenvalue weighted by Gasteiger charge is 2.22. The molecule has 61 heavy (non-hydrogen) atoms. The number of nitrogens with zero attached hydrogens (tertiary/aromatic N) is 3. The molecule has 0 N–H and O–H groups in total. The highest BCUT2D eigenvalue weighted by Crippen LogP contribution is 2.44. The Labute approximate surface area is 354 Å². The molecule has 284 valence electrons. The van der Waals surface area contributed by atoms with E-state index in [4.69, 9.17) is 14.4 Å². The molecule has 0 atom stereocenters. The lowest BCUT2D eigenvalue weighted by Gasteiger charge is -2.14. The molecular formula is C56H33N3OS. The topological polar surface area (TPSA) is 43.9 Å². The van der Waals surface area contributed by atoms with Gasteiger partial charge >= 0.3 is 0 Å². The molecule has 0 unspecified atom stereocenters. The van der Waals surface area contributed by atoms with Crippen molar-refractivity contribution >= 4 is 86.2 Å². The van der Waals surface area contributed by atoms with Crippen molar-refractivity contribution in [2.75, 3.05) is 0 Å². The van der Waals surface area contributed by atoms with Gasteiger partial charge in [0.05, 0.1) is 22.2 Å². The fourth-order valence-electron chi connectivity index (χ4n) is 9.50. The third kappa shape index (κ3) is 5.24. The number of fused-ring (bicyclic) bond motifs is 10. The minimum absolute atomic E-state index is 0.628. The number of para-hydroxylation sites is 4. The molecular weight excluding hydrogens is 763 g/mol. The molecule has 0 spiro atoms. The summed E-state index contributed by atoms with van der Waals surface area (Å²) in [6.07, 6.45) is 0. The van der Waals surface area contributed by atoms with E-state index in [0.29, 0.717) is 5.95 Å². The molecule has 4 heterocycles. The first-order valence-electron chi connectivity index (χ1n) is 20.6. The standard InChI is InChI=1S/C56H33N3OS/c1-2-14-34(15-3-1)53-44-19-4-7-26-47(44)57-56(58-53)59-48-31-30-37(40-23-12-25-43-41-18-5-8-27-49(41)60-55(40)43)33-46(48)42-24-11-22-39(54(42)59)36-17-10-16-35(32-36)38-21-13-29-51-52(38)45-20-6-9-28-50(45)61-51/h1-33H. The van der Waals surface area contributed by atoms with Crippen LogP contribution in [0.25, 0.3) is 125 Å². The zero-order chi connectivity index (χ0) is 40.0. The molecule has 4 nitrogen and oxygen atoms in total. The van der Waals surface area contributed by atoms with E-state index in [-0.39, 0.29) is 0 Å². The van der Waals surface area contributed by atoms with Gasteiger partial charge in [0.2, 0.25) is 5.95 Å². The number of hydrogen-bond donors (Lipinski definition) is 0. The summed E-state index contributed by atoms with van der Waals surface area (Å²) in [7, 11) is 0. The Hall–Kier alpha value is -7.86. The lowest BCUT2D eigenvalue weighted by atomic mass is 9.95. The van der Waals surface area contributed by atoms with Gasteiger partial charge in [-0.2, -0.15) is 0 Å². The van der Waals surface area contributed by atoms with Crippen LogP contribution in [0.5, 0.6) is 0 Å². The Morgan fingerprint density at radius 3 is 1.95 bits per heavy atom. The summed E-state index contributed by atoms with van der Waals surface area (Å²) in [6.45, 7) is 0. The molecule has 0 radical (unpaired) electrons. The third-order valence-electron chi connectivity index (χ3n) is 12.2. The molecule has 0 saturated carbocycles. The fourth-order valence-corrected chi connectivity index (χ4v) is 10.6. The first-order valence-corrected chi connectivity index (χ1v) is 21.4. The molecule has 0 aliphatic rings. The molecule has 5 heteroatoms.